The van der Waals surface area contributed by atoms with Gasteiger partial charge in [0.2, 0.25) is 0 Å². The van der Waals surface area contributed by atoms with Crippen molar-refractivity contribution in [1.82, 2.24) is 5.43 Å². The van der Waals surface area contributed by atoms with Crippen LogP contribution in [-0.2, 0) is 9.59 Å². The van der Waals surface area contributed by atoms with E-state index >= 15 is 0 Å². The highest BCUT2D eigenvalue weighted by Gasteiger charge is 2.17. The molecule has 0 fully saturated rings. The molecule has 0 aromatic heterocycles. The summed E-state index contributed by atoms with van der Waals surface area (Å²) in [6.45, 7) is 1.96. The molecule has 3 N–H and O–H groups in total. The van der Waals surface area contributed by atoms with Crippen molar-refractivity contribution >= 4 is 35.3 Å². The minimum Gasteiger partial charge on any atom is -0.322 e. The molecule has 0 atom stereocenters. The Balaban J connectivity index is 1.62. The molecule has 3 rings (SSSR count). The van der Waals surface area contributed by atoms with Gasteiger partial charge in [0, 0.05) is 5.69 Å². The molecule has 0 aliphatic rings. The third kappa shape index (κ3) is 5.62. The summed E-state index contributed by atoms with van der Waals surface area (Å²) in [7, 11) is 0. The number of nitrogens with one attached hydrogen (secondary N) is 3. The predicted octanol–water partition coefficient (Wildman–Crippen LogP) is 3.34. The molecule has 0 saturated heterocycles. The number of benzene rings is 3. The summed E-state index contributed by atoms with van der Waals surface area (Å²) in [5, 5.41) is 8.97. The lowest BCUT2D eigenvalue weighted by atomic mass is 10.1. The number of para-hydroxylation sites is 2. The summed E-state index contributed by atoms with van der Waals surface area (Å²) in [5.41, 5.74) is 5.12. The highest BCUT2D eigenvalue weighted by Crippen LogP contribution is 2.17. The number of carbonyl (C=O) groups is 3. The molecule has 7 heteroatoms. The molecule has 0 unspecified atom stereocenters. The van der Waals surface area contributed by atoms with Crippen molar-refractivity contribution in [2.45, 2.75) is 6.92 Å². The second kappa shape index (κ2) is 9.79. The van der Waals surface area contributed by atoms with Gasteiger partial charge in [0.25, 0.3) is 5.91 Å². The number of hydrogen-bond donors (Lipinski definition) is 3. The van der Waals surface area contributed by atoms with E-state index in [9.17, 15) is 14.4 Å². The summed E-state index contributed by atoms with van der Waals surface area (Å²) in [6.07, 6.45) is 1.44. The number of hydrogen-bond acceptors (Lipinski definition) is 4. The minimum absolute atomic E-state index is 0.216. The third-order valence-corrected chi connectivity index (χ3v) is 4.11. The highest BCUT2D eigenvalue weighted by molar-refractivity contribution is 6.40. The Labute approximate surface area is 173 Å². The molecule has 0 saturated carbocycles. The van der Waals surface area contributed by atoms with Crippen molar-refractivity contribution in [2.75, 3.05) is 10.6 Å². The number of nitrogens with zero attached hydrogens (tertiary/aromatic N) is 1. The van der Waals surface area contributed by atoms with E-state index < -0.39 is 17.7 Å². The first kappa shape index (κ1) is 20.5. The van der Waals surface area contributed by atoms with E-state index in [1.165, 1.54) is 6.21 Å². The number of rotatable bonds is 5. The fourth-order valence-electron chi connectivity index (χ4n) is 2.56. The van der Waals surface area contributed by atoms with Crippen molar-refractivity contribution in [2.24, 2.45) is 5.10 Å². The van der Waals surface area contributed by atoms with Gasteiger partial charge in [-0.1, -0.05) is 60.2 Å². The second-order valence-electron chi connectivity index (χ2n) is 6.43. The smallest absolute Gasteiger partial charge is 0.322 e. The molecule has 0 aliphatic heterocycles. The van der Waals surface area contributed by atoms with Gasteiger partial charge in [-0.05, 0) is 36.8 Å². The van der Waals surface area contributed by atoms with Crippen LogP contribution >= 0.6 is 0 Å². The maximum Gasteiger partial charge on any atom is 0.329 e. The van der Waals surface area contributed by atoms with Crippen LogP contribution in [0.2, 0.25) is 0 Å². The van der Waals surface area contributed by atoms with Gasteiger partial charge in [0.1, 0.15) is 0 Å². The molecule has 3 aromatic carbocycles. The molecule has 3 amide bonds. The van der Waals surface area contributed by atoms with E-state index in [1.54, 1.807) is 48.5 Å². The van der Waals surface area contributed by atoms with Crippen LogP contribution < -0.4 is 16.1 Å². The summed E-state index contributed by atoms with van der Waals surface area (Å²) in [4.78, 5) is 36.8. The lowest BCUT2D eigenvalue weighted by Crippen LogP contribution is -2.33. The van der Waals surface area contributed by atoms with Crippen LogP contribution in [-0.4, -0.2) is 23.9 Å². The first-order valence-corrected chi connectivity index (χ1v) is 9.19. The number of hydrazone groups is 1. The number of amides is 3. The second-order valence-corrected chi connectivity index (χ2v) is 6.43. The molecular weight excluding hydrogens is 380 g/mol. The van der Waals surface area contributed by atoms with Gasteiger partial charge in [-0.15, -0.1) is 0 Å². The molecule has 30 heavy (non-hydrogen) atoms. The number of carbonyl (C=O) groups excluding carboxylic acids is 3. The molecule has 0 radical (unpaired) electrons. The van der Waals surface area contributed by atoms with E-state index in [4.69, 9.17) is 0 Å². The Hall–Kier alpha value is -4.26. The van der Waals surface area contributed by atoms with Crippen molar-refractivity contribution in [3.63, 3.8) is 0 Å². The van der Waals surface area contributed by atoms with Crippen LogP contribution in [0.3, 0.4) is 0 Å². The zero-order valence-corrected chi connectivity index (χ0v) is 16.3. The van der Waals surface area contributed by atoms with E-state index in [0.717, 1.165) is 11.1 Å². The van der Waals surface area contributed by atoms with Gasteiger partial charge in [-0.25, -0.2) is 5.43 Å². The largest absolute Gasteiger partial charge is 0.329 e. The monoisotopic (exact) mass is 400 g/mol. The van der Waals surface area contributed by atoms with E-state index in [0.29, 0.717) is 5.69 Å². The highest BCUT2D eigenvalue weighted by atomic mass is 16.2. The quantitative estimate of drug-likeness (QED) is 0.348. The minimum atomic E-state index is -0.948. The first-order chi connectivity index (χ1) is 14.5. The van der Waals surface area contributed by atoms with Crippen LogP contribution in [0.15, 0.2) is 84.0 Å². The summed E-state index contributed by atoms with van der Waals surface area (Å²) < 4.78 is 0. The van der Waals surface area contributed by atoms with Crippen LogP contribution in [0.5, 0.6) is 0 Å². The normalized spacial score (nSPS) is 10.4. The van der Waals surface area contributed by atoms with Crippen molar-refractivity contribution < 1.29 is 14.4 Å². The lowest BCUT2D eigenvalue weighted by molar-refractivity contribution is -0.136. The van der Waals surface area contributed by atoms with Crippen molar-refractivity contribution in [3.8, 4) is 0 Å². The Morgan fingerprint density at radius 3 is 2.17 bits per heavy atom. The van der Waals surface area contributed by atoms with Crippen LogP contribution in [0, 0.1) is 6.92 Å². The number of aryl methyl sites for hydroxylation is 1. The standard InChI is InChI=1S/C23H20N4O3/c1-16-11-13-17(14-12-16)15-24-27-23(30)22(29)26-20-10-6-5-9-19(20)21(28)25-18-7-3-2-4-8-18/h2-15H,1H3,(H,25,28)(H,26,29)(H,27,30). The average molecular weight is 400 g/mol. The van der Waals surface area contributed by atoms with Crippen LogP contribution in [0.1, 0.15) is 21.5 Å². The zero-order valence-electron chi connectivity index (χ0n) is 16.3. The Bertz CT molecular complexity index is 1080. The summed E-state index contributed by atoms with van der Waals surface area (Å²) >= 11 is 0. The van der Waals surface area contributed by atoms with E-state index in [-0.39, 0.29) is 11.3 Å². The maximum absolute atomic E-state index is 12.6. The van der Waals surface area contributed by atoms with Gasteiger partial charge in [-0.3, -0.25) is 14.4 Å². The third-order valence-electron chi connectivity index (χ3n) is 4.11. The van der Waals surface area contributed by atoms with Gasteiger partial charge in [0.05, 0.1) is 17.5 Å². The fraction of sp³-hybridized carbons (Fsp3) is 0.0435. The van der Waals surface area contributed by atoms with E-state index in [2.05, 4.69) is 21.2 Å². The molecule has 3 aromatic rings. The first-order valence-electron chi connectivity index (χ1n) is 9.19. The van der Waals surface area contributed by atoms with Crippen molar-refractivity contribution in [3.05, 3.63) is 95.6 Å². The molecular formula is C23H20N4O3. The zero-order chi connectivity index (χ0) is 21.3. The fourth-order valence-corrected chi connectivity index (χ4v) is 2.56. The predicted molar refractivity (Wildman–Crippen MR) is 116 cm³/mol. The SMILES string of the molecule is Cc1ccc(C=NNC(=O)C(=O)Nc2ccccc2C(=O)Nc2ccccc2)cc1. The number of anilines is 2. The Kier molecular flexibility index (Phi) is 6.68. The average Bonchev–Trinajstić information content (AvgIpc) is 2.76. The molecule has 0 spiro atoms. The molecule has 0 bridgehead atoms. The van der Waals surface area contributed by atoms with Gasteiger partial charge >= 0.3 is 11.8 Å². The topological polar surface area (TPSA) is 99.7 Å². The molecule has 0 heterocycles. The van der Waals surface area contributed by atoms with Crippen molar-refractivity contribution in [1.29, 1.82) is 0 Å². The molecule has 7 nitrogen and oxygen atoms in total. The summed E-state index contributed by atoms with van der Waals surface area (Å²) in [6, 6.07) is 22.8. The lowest BCUT2D eigenvalue weighted by Gasteiger charge is -2.11. The molecule has 0 aliphatic carbocycles. The van der Waals surface area contributed by atoms with Crippen LogP contribution in [0.25, 0.3) is 0 Å². The maximum atomic E-state index is 12.6. The Morgan fingerprint density at radius 2 is 1.43 bits per heavy atom. The van der Waals surface area contributed by atoms with Gasteiger partial charge in [-0.2, -0.15) is 5.10 Å². The van der Waals surface area contributed by atoms with Gasteiger partial charge in [0.15, 0.2) is 0 Å². The summed E-state index contributed by atoms with van der Waals surface area (Å²) in [5.74, 6) is -2.29. The van der Waals surface area contributed by atoms with Gasteiger partial charge < -0.3 is 10.6 Å². The van der Waals surface area contributed by atoms with Crippen LogP contribution in [0.4, 0.5) is 11.4 Å². The Morgan fingerprint density at radius 1 is 0.767 bits per heavy atom. The molecule has 150 valence electrons. The van der Waals surface area contributed by atoms with E-state index in [1.807, 2.05) is 37.3 Å².